The molecular weight excluding hydrogens is 321 g/mol. The van der Waals surface area contributed by atoms with Crippen molar-refractivity contribution < 1.29 is 22.3 Å². The minimum Gasteiger partial charge on any atom is -0.427 e. The van der Waals surface area contributed by atoms with E-state index in [-0.39, 0.29) is 16.3 Å². The third-order valence-corrected chi connectivity index (χ3v) is 4.46. The summed E-state index contributed by atoms with van der Waals surface area (Å²) in [4.78, 5) is 10.9. The van der Waals surface area contributed by atoms with Gasteiger partial charge in [-0.05, 0) is 37.6 Å². The molecule has 0 atom stereocenters. The summed E-state index contributed by atoms with van der Waals surface area (Å²) >= 11 is 0. The van der Waals surface area contributed by atoms with E-state index < -0.39 is 21.8 Å². The average molecular weight is 337 g/mol. The maximum Gasteiger partial charge on any atom is 0.308 e. The molecule has 0 bridgehead atoms. The van der Waals surface area contributed by atoms with Crippen molar-refractivity contribution in [3.05, 3.63) is 53.3 Å². The summed E-state index contributed by atoms with van der Waals surface area (Å²) in [6.45, 7) is 4.55. The zero-order chi connectivity index (χ0) is 17.2. The summed E-state index contributed by atoms with van der Waals surface area (Å²) in [6, 6.07) is 8.54. The number of benzene rings is 2. The van der Waals surface area contributed by atoms with E-state index in [0.29, 0.717) is 5.56 Å². The molecule has 0 amide bonds. The lowest BCUT2D eigenvalue weighted by Crippen LogP contribution is -2.15. The normalized spacial score (nSPS) is 11.1. The van der Waals surface area contributed by atoms with E-state index in [1.165, 1.54) is 32.0 Å². The minimum atomic E-state index is -3.91. The number of carbonyl (C=O) groups is 1. The van der Waals surface area contributed by atoms with E-state index in [2.05, 4.69) is 4.72 Å². The maximum absolute atomic E-state index is 14.2. The molecule has 0 aliphatic heterocycles. The Morgan fingerprint density at radius 3 is 2.26 bits per heavy atom. The van der Waals surface area contributed by atoms with Crippen molar-refractivity contribution in [3.63, 3.8) is 0 Å². The van der Waals surface area contributed by atoms with Crippen LogP contribution in [-0.2, 0) is 14.8 Å². The fourth-order valence-corrected chi connectivity index (χ4v) is 3.12. The molecule has 0 fully saturated rings. The van der Waals surface area contributed by atoms with Gasteiger partial charge in [0.05, 0.1) is 10.6 Å². The zero-order valence-corrected chi connectivity index (χ0v) is 13.7. The first-order chi connectivity index (χ1) is 10.7. The highest BCUT2D eigenvalue weighted by Crippen LogP contribution is 2.28. The second-order valence-electron chi connectivity index (χ2n) is 5.11. The maximum atomic E-state index is 14.2. The first-order valence-corrected chi connectivity index (χ1v) is 8.25. The van der Waals surface area contributed by atoms with Gasteiger partial charge in [0.1, 0.15) is 5.75 Å². The Kier molecular flexibility index (Phi) is 4.70. The fourth-order valence-electron chi connectivity index (χ4n) is 1.98. The van der Waals surface area contributed by atoms with Crippen LogP contribution in [0.25, 0.3) is 0 Å². The molecule has 2 rings (SSSR count). The smallest absolute Gasteiger partial charge is 0.308 e. The Hall–Kier alpha value is -2.41. The number of hydrogen-bond donors (Lipinski definition) is 1. The van der Waals surface area contributed by atoms with Crippen molar-refractivity contribution in [2.75, 3.05) is 4.72 Å². The van der Waals surface area contributed by atoms with Gasteiger partial charge in [-0.1, -0.05) is 17.7 Å². The van der Waals surface area contributed by atoms with Crippen LogP contribution >= 0.6 is 0 Å². The molecule has 0 saturated heterocycles. The van der Waals surface area contributed by atoms with Crippen molar-refractivity contribution in [2.24, 2.45) is 0 Å². The molecule has 2 aromatic carbocycles. The monoisotopic (exact) mass is 337 g/mol. The van der Waals surface area contributed by atoms with Gasteiger partial charge in [-0.15, -0.1) is 0 Å². The molecule has 0 saturated carbocycles. The van der Waals surface area contributed by atoms with Crippen LogP contribution in [-0.4, -0.2) is 14.4 Å². The van der Waals surface area contributed by atoms with Gasteiger partial charge in [0.2, 0.25) is 0 Å². The molecule has 7 heteroatoms. The van der Waals surface area contributed by atoms with Gasteiger partial charge in [-0.3, -0.25) is 9.52 Å². The van der Waals surface area contributed by atoms with Gasteiger partial charge in [-0.2, -0.15) is 0 Å². The van der Waals surface area contributed by atoms with Crippen LogP contribution in [0.1, 0.15) is 18.1 Å². The SMILES string of the molecule is CC(=O)Oc1cc(C)c(NS(=O)(=O)c2ccc(C)cc2)c(F)c1. The van der Waals surface area contributed by atoms with E-state index in [0.717, 1.165) is 11.6 Å². The van der Waals surface area contributed by atoms with E-state index in [1.54, 1.807) is 12.1 Å². The van der Waals surface area contributed by atoms with Crippen molar-refractivity contribution in [2.45, 2.75) is 25.7 Å². The number of ether oxygens (including phenoxy) is 1. The Morgan fingerprint density at radius 1 is 1.13 bits per heavy atom. The largest absolute Gasteiger partial charge is 0.427 e. The number of halogens is 1. The topological polar surface area (TPSA) is 72.5 Å². The standard InChI is InChI=1S/C16H16FNO4S/c1-10-4-6-14(7-5-10)23(20,21)18-16-11(2)8-13(9-15(16)17)22-12(3)19/h4-9,18H,1-3H3. The second-order valence-corrected chi connectivity index (χ2v) is 6.79. The van der Waals surface area contributed by atoms with Gasteiger partial charge in [-0.25, -0.2) is 12.8 Å². The summed E-state index contributed by atoms with van der Waals surface area (Å²) in [5.41, 5.74) is 1.04. The minimum absolute atomic E-state index is 0.0192. The molecule has 2 aromatic rings. The Morgan fingerprint density at radius 2 is 1.74 bits per heavy atom. The summed E-state index contributed by atoms with van der Waals surface area (Å²) in [7, 11) is -3.91. The van der Waals surface area contributed by atoms with Gasteiger partial charge >= 0.3 is 5.97 Å². The van der Waals surface area contributed by atoms with E-state index in [4.69, 9.17) is 4.74 Å². The highest BCUT2D eigenvalue weighted by atomic mass is 32.2. The second kappa shape index (κ2) is 6.37. The van der Waals surface area contributed by atoms with E-state index >= 15 is 0 Å². The van der Waals surface area contributed by atoms with Crippen LogP contribution in [0.3, 0.4) is 0 Å². The van der Waals surface area contributed by atoms with Gasteiger partial charge in [0.25, 0.3) is 10.0 Å². The molecule has 0 unspecified atom stereocenters. The number of hydrogen-bond acceptors (Lipinski definition) is 4. The zero-order valence-electron chi connectivity index (χ0n) is 12.9. The fraction of sp³-hybridized carbons (Fsp3) is 0.188. The number of aryl methyl sites for hydroxylation is 2. The molecule has 0 heterocycles. The number of carbonyl (C=O) groups excluding carboxylic acids is 1. The molecule has 0 aliphatic carbocycles. The molecule has 5 nitrogen and oxygen atoms in total. The van der Waals surface area contributed by atoms with Crippen molar-refractivity contribution in [3.8, 4) is 5.75 Å². The number of anilines is 1. The van der Waals surface area contributed by atoms with E-state index in [9.17, 15) is 17.6 Å². The lowest BCUT2D eigenvalue weighted by Gasteiger charge is -2.13. The molecule has 23 heavy (non-hydrogen) atoms. The van der Waals surface area contributed by atoms with Gasteiger partial charge in [0, 0.05) is 13.0 Å². The van der Waals surface area contributed by atoms with Crippen LogP contribution in [0.2, 0.25) is 0 Å². The Balaban J connectivity index is 2.36. The van der Waals surface area contributed by atoms with Crippen molar-refractivity contribution in [1.29, 1.82) is 0 Å². The first-order valence-electron chi connectivity index (χ1n) is 6.77. The highest BCUT2D eigenvalue weighted by molar-refractivity contribution is 7.92. The molecule has 0 radical (unpaired) electrons. The predicted molar refractivity (Wildman–Crippen MR) is 84.4 cm³/mol. The molecule has 0 aliphatic rings. The Bertz CT molecular complexity index is 822. The average Bonchev–Trinajstić information content (AvgIpc) is 2.43. The van der Waals surface area contributed by atoms with Crippen LogP contribution in [0, 0.1) is 19.7 Å². The van der Waals surface area contributed by atoms with Gasteiger partial charge in [0.15, 0.2) is 5.82 Å². The lowest BCUT2D eigenvalue weighted by atomic mass is 10.2. The van der Waals surface area contributed by atoms with Crippen LogP contribution in [0.4, 0.5) is 10.1 Å². The van der Waals surface area contributed by atoms with Crippen LogP contribution < -0.4 is 9.46 Å². The van der Waals surface area contributed by atoms with E-state index in [1.807, 2.05) is 6.92 Å². The predicted octanol–water partition coefficient (Wildman–Crippen LogP) is 3.17. The molecular formula is C16H16FNO4S. The number of rotatable bonds is 4. The van der Waals surface area contributed by atoms with Crippen LogP contribution in [0.15, 0.2) is 41.3 Å². The molecule has 122 valence electrons. The number of esters is 1. The van der Waals surface area contributed by atoms with Crippen molar-refractivity contribution in [1.82, 2.24) is 0 Å². The molecule has 0 spiro atoms. The molecule has 1 N–H and O–H groups in total. The molecule has 0 aromatic heterocycles. The third-order valence-electron chi connectivity index (χ3n) is 3.09. The van der Waals surface area contributed by atoms with Crippen molar-refractivity contribution >= 4 is 21.7 Å². The number of sulfonamides is 1. The quantitative estimate of drug-likeness (QED) is 0.687. The third kappa shape index (κ3) is 4.07. The first kappa shape index (κ1) is 17.0. The summed E-state index contributed by atoms with van der Waals surface area (Å²) in [5, 5.41) is 0. The summed E-state index contributed by atoms with van der Waals surface area (Å²) in [6.07, 6.45) is 0. The number of nitrogens with one attached hydrogen (secondary N) is 1. The highest BCUT2D eigenvalue weighted by Gasteiger charge is 2.19. The van der Waals surface area contributed by atoms with Crippen LogP contribution in [0.5, 0.6) is 5.75 Å². The summed E-state index contributed by atoms with van der Waals surface area (Å²) < 4.78 is 45.8. The Labute approximate surface area is 134 Å². The summed E-state index contributed by atoms with van der Waals surface area (Å²) in [5.74, 6) is -1.39. The van der Waals surface area contributed by atoms with Gasteiger partial charge < -0.3 is 4.74 Å². The lowest BCUT2D eigenvalue weighted by molar-refractivity contribution is -0.131.